The normalized spacial score (nSPS) is 12.3. The fourth-order valence-electron chi connectivity index (χ4n) is 2.22. The summed E-state index contributed by atoms with van der Waals surface area (Å²) in [6.07, 6.45) is 0. The monoisotopic (exact) mass is 347 g/mol. The van der Waals surface area contributed by atoms with Crippen LogP contribution in [0, 0.1) is 0 Å². The van der Waals surface area contributed by atoms with E-state index in [4.69, 9.17) is 4.74 Å². The number of ether oxygens (including phenoxy) is 1. The number of nitrogens with one attached hydrogen (secondary N) is 1. The first-order valence-electron chi connectivity index (χ1n) is 7.37. The summed E-state index contributed by atoms with van der Waals surface area (Å²) in [5.41, 5.74) is 2.53. The average molecular weight is 348 g/mol. The van der Waals surface area contributed by atoms with Crippen LogP contribution >= 0.6 is 15.9 Å². The Morgan fingerprint density at radius 2 is 1.76 bits per heavy atom. The van der Waals surface area contributed by atoms with Gasteiger partial charge in [-0.05, 0) is 29.8 Å². The van der Waals surface area contributed by atoms with E-state index in [1.54, 1.807) is 0 Å². The molecule has 0 aliphatic rings. The van der Waals surface area contributed by atoms with E-state index < -0.39 is 0 Å². The van der Waals surface area contributed by atoms with Crippen molar-refractivity contribution in [3.05, 3.63) is 70.2 Å². The molecule has 1 unspecified atom stereocenters. The molecule has 0 bridgehead atoms. The molecule has 0 aromatic heterocycles. The van der Waals surface area contributed by atoms with Crippen molar-refractivity contribution >= 4 is 15.9 Å². The number of halogens is 1. The van der Waals surface area contributed by atoms with Crippen LogP contribution in [-0.2, 0) is 11.3 Å². The van der Waals surface area contributed by atoms with Crippen molar-refractivity contribution in [1.29, 1.82) is 0 Å². The highest BCUT2D eigenvalue weighted by atomic mass is 79.9. The standard InChI is InChI=1S/C18H22BrNO/c1-2-20-12-17(16-8-10-18(19)11-9-16)14-21-13-15-6-4-3-5-7-15/h3-11,17,20H,2,12-14H2,1H3. The van der Waals surface area contributed by atoms with Gasteiger partial charge in [-0.3, -0.25) is 0 Å². The van der Waals surface area contributed by atoms with E-state index in [1.165, 1.54) is 11.1 Å². The first kappa shape index (κ1) is 16.2. The van der Waals surface area contributed by atoms with Crippen molar-refractivity contribution in [2.45, 2.75) is 19.4 Å². The molecule has 3 heteroatoms. The van der Waals surface area contributed by atoms with Gasteiger partial charge in [0.1, 0.15) is 0 Å². The quantitative estimate of drug-likeness (QED) is 0.765. The molecule has 112 valence electrons. The zero-order valence-corrected chi connectivity index (χ0v) is 14.0. The largest absolute Gasteiger partial charge is 0.376 e. The van der Waals surface area contributed by atoms with Crippen molar-refractivity contribution in [2.75, 3.05) is 19.7 Å². The van der Waals surface area contributed by atoms with Crippen molar-refractivity contribution in [3.63, 3.8) is 0 Å². The summed E-state index contributed by atoms with van der Waals surface area (Å²) in [5.74, 6) is 0.377. The summed E-state index contributed by atoms with van der Waals surface area (Å²) in [4.78, 5) is 0. The second-order valence-corrected chi connectivity index (χ2v) is 5.97. The third kappa shape index (κ3) is 5.62. The van der Waals surface area contributed by atoms with Gasteiger partial charge < -0.3 is 10.1 Å². The Hall–Kier alpha value is -1.16. The van der Waals surface area contributed by atoms with Crippen LogP contribution in [0.3, 0.4) is 0 Å². The predicted molar refractivity (Wildman–Crippen MR) is 91.5 cm³/mol. The SMILES string of the molecule is CCNCC(COCc1ccccc1)c1ccc(Br)cc1. The zero-order chi connectivity index (χ0) is 14.9. The molecule has 2 rings (SSSR count). The minimum atomic E-state index is 0.377. The van der Waals surface area contributed by atoms with Gasteiger partial charge in [0.05, 0.1) is 13.2 Å². The Morgan fingerprint density at radius 3 is 2.43 bits per heavy atom. The number of hydrogen-bond donors (Lipinski definition) is 1. The molecule has 2 nitrogen and oxygen atoms in total. The Morgan fingerprint density at radius 1 is 1.05 bits per heavy atom. The van der Waals surface area contributed by atoms with Gasteiger partial charge in [0.15, 0.2) is 0 Å². The van der Waals surface area contributed by atoms with E-state index in [9.17, 15) is 0 Å². The van der Waals surface area contributed by atoms with Crippen LogP contribution in [0.15, 0.2) is 59.1 Å². The van der Waals surface area contributed by atoms with Gasteiger partial charge >= 0.3 is 0 Å². The van der Waals surface area contributed by atoms with Gasteiger partial charge in [-0.15, -0.1) is 0 Å². The minimum Gasteiger partial charge on any atom is -0.376 e. The second kappa shape index (κ2) is 8.98. The van der Waals surface area contributed by atoms with Gasteiger partial charge in [-0.1, -0.05) is 65.3 Å². The summed E-state index contributed by atoms with van der Waals surface area (Å²) in [6, 6.07) is 18.8. The van der Waals surface area contributed by atoms with Gasteiger partial charge in [0, 0.05) is 16.9 Å². The van der Waals surface area contributed by atoms with Gasteiger partial charge in [0.2, 0.25) is 0 Å². The van der Waals surface area contributed by atoms with Gasteiger partial charge in [-0.2, -0.15) is 0 Å². The second-order valence-electron chi connectivity index (χ2n) is 5.06. The van der Waals surface area contributed by atoms with Crippen molar-refractivity contribution in [1.82, 2.24) is 5.32 Å². The molecule has 2 aromatic carbocycles. The van der Waals surface area contributed by atoms with Crippen molar-refractivity contribution in [3.8, 4) is 0 Å². The van der Waals surface area contributed by atoms with Gasteiger partial charge in [0.25, 0.3) is 0 Å². The molecule has 0 radical (unpaired) electrons. The number of hydrogen-bond acceptors (Lipinski definition) is 2. The number of likely N-dealkylation sites (N-methyl/N-ethyl adjacent to an activating group) is 1. The molecule has 0 saturated heterocycles. The summed E-state index contributed by atoms with van der Waals surface area (Å²) >= 11 is 3.48. The van der Waals surface area contributed by atoms with Gasteiger partial charge in [-0.25, -0.2) is 0 Å². The minimum absolute atomic E-state index is 0.377. The molecule has 0 amide bonds. The Balaban J connectivity index is 1.91. The molecule has 0 aliphatic heterocycles. The average Bonchev–Trinajstić information content (AvgIpc) is 2.53. The van der Waals surface area contributed by atoms with Crippen LogP contribution in [0.4, 0.5) is 0 Å². The van der Waals surface area contributed by atoms with E-state index in [0.717, 1.165) is 24.2 Å². The van der Waals surface area contributed by atoms with E-state index >= 15 is 0 Å². The molecule has 0 fully saturated rings. The van der Waals surface area contributed by atoms with Crippen molar-refractivity contribution < 1.29 is 4.74 Å². The molecule has 1 atom stereocenters. The first-order chi connectivity index (χ1) is 10.3. The maximum atomic E-state index is 5.91. The lowest BCUT2D eigenvalue weighted by Crippen LogP contribution is -2.24. The maximum absolute atomic E-state index is 5.91. The summed E-state index contributed by atoms with van der Waals surface area (Å²) in [5, 5.41) is 3.42. The van der Waals surface area contributed by atoms with Crippen LogP contribution in [0.1, 0.15) is 24.0 Å². The van der Waals surface area contributed by atoms with Crippen LogP contribution in [0.25, 0.3) is 0 Å². The molecule has 0 spiro atoms. The third-order valence-corrected chi connectivity index (χ3v) is 3.94. The number of benzene rings is 2. The van der Waals surface area contributed by atoms with Crippen LogP contribution in [0.5, 0.6) is 0 Å². The first-order valence-corrected chi connectivity index (χ1v) is 8.16. The Kier molecular flexibility index (Phi) is 6.93. The lowest BCUT2D eigenvalue weighted by Gasteiger charge is -2.18. The highest BCUT2D eigenvalue weighted by molar-refractivity contribution is 9.10. The molecule has 1 N–H and O–H groups in total. The third-order valence-electron chi connectivity index (χ3n) is 3.41. The lowest BCUT2D eigenvalue weighted by molar-refractivity contribution is 0.106. The molecule has 0 heterocycles. The fourth-order valence-corrected chi connectivity index (χ4v) is 2.48. The van der Waals surface area contributed by atoms with Crippen LogP contribution in [-0.4, -0.2) is 19.7 Å². The Bertz CT molecular complexity index is 513. The van der Waals surface area contributed by atoms with Crippen LogP contribution in [0.2, 0.25) is 0 Å². The highest BCUT2D eigenvalue weighted by Crippen LogP contribution is 2.19. The molecule has 0 saturated carbocycles. The van der Waals surface area contributed by atoms with Crippen LogP contribution < -0.4 is 5.32 Å². The fraction of sp³-hybridized carbons (Fsp3) is 0.333. The smallest absolute Gasteiger partial charge is 0.0717 e. The van der Waals surface area contributed by atoms with E-state index in [1.807, 2.05) is 18.2 Å². The summed E-state index contributed by atoms with van der Waals surface area (Å²) in [7, 11) is 0. The van der Waals surface area contributed by atoms with E-state index in [-0.39, 0.29) is 0 Å². The molecule has 0 aliphatic carbocycles. The molecular formula is C18H22BrNO. The summed E-state index contributed by atoms with van der Waals surface area (Å²) < 4.78 is 7.02. The van der Waals surface area contributed by atoms with E-state index in [0.29, 0.717) is 12.5 Å². The molecule has 2 aromatic rings. The molecular weight excluding hydrogens is 326 g/mol. The number of rotatable bonds is 8. The molecule has 21 heavy (non-hydrogen) atoms. The topological polar surface area (TPSA) is 21.3 Å². The van der Waals surface area contributed by atoms with E-state index in [2.05, 4.69) is 64.6 Å². The zero-order valence-electron chi connectivity index (χ0n) is 12.4. The Labute approximate surface area is 135 Å². The maximum Gasteiger partial charge on any atom is 0.0717 e. The predicted octanol–water partition coefficient (Wildman–Crippen LogP) is 4.36. The summed E-state index contributed by atoms with van der Waals surface area (Å²) in [6.45, 7) is 5.44. The van der Waals surface area contributed by atoms with Crippen molar-refractivity contribution in [2.24, 2.45) is 0 Å². The lowest BCUT2D eigenvalue weighted by atomic mass is 10.00. The highest BCUT2D eigenvalue weighted by Gasteiger charge is 2.11.